The predicted molar refractivity (Wildman–Crippen MR) is 177 cm³/mol. The summed E-state index contributed by atoms with van der Waals surface area (Å²) in [5, 5.41) is 3.02. The highest BCUT2D eigenvalue weighted by atomic mass is 16.2. The van der Waals surface area contributed by atoms with Crippen molar-refractivity contribution >= 4 is 23.5 Å². The lowest BCUT2D eigenvalue weighted by Gasteiger charge is -2.43. The fourth-order valence-electron chi connectivity index (χ4n) is 7.64. The van der Waals surface area contributed by atoms with Crippen LogP contribution in [0.4, 0.5) is 10.5 Å². The molecule has 0 aromatic heterocycles. The Kier molecular flexibility index (Phi) is 9.75. The van der Waals surface area contributed by atoms with Crippen molar-refractivity contribution in [3.8, 4) is 0 Å². The van der Waals surface area contributed by atoms with E-state index in [1.807, 2.05) is 32.9 Å². The zero-order chi connectivity index (χ0) is 31.5. The molecule has 45 heavy (non-hydrogen) atoms. The number of nitrogens with zero attached hydrogens (tertiary/aromatic N) is 5. The van der Waals surface area contributed by atoms with Gasteiger partial charge in [0.15, 0.2) is 0 Å². The number of likely N-dealkylation sites (N-methyl/N-ethyl adjacent to an activating group) is 1. The van der Waals surface area contributed by atoms with Crippen LogP contribution >= 0.6 is 0 Å². The molecule has 4 aliphatic rings. The number of carbonyl (C=O) groups is 3. The number of likely N-dealkylation sites (tertiary alicyclic amines) is 2. The zero-order valence-corrected chi connectivity index (χ0v) is 27.3. The Morgan fingerprint density at radius 3 is 2.20 bits per heavy atom. The van der Waals surface area contributed by atoms with Crippen LogP contribution in [0.3, 0.4) is 0 Å². The lowest BCUT2D eigenvalue weighted by molar-refractivity contribution is -0.143. The summed E-state index contributed by atoms with van der Waals surface area (Å²) in [4.78, 5) is 51.6. The Hall–Kier alpha value is -3.43. The number of piperidine rings is 2. The van der Waals surface area contributed by atoms with Gasteiger partial charge in [0.1, 0.15) is 0 Å². The van der Waals surface area contributed by atoms with E-state index >= 15 is 0 Å². The lowest BCUT2D eigenvalue weighted by atomic mass is 9.91. The summed E-state index contributed by atoms with van der Waals surface area (Å²) in [6.07, 6.45) is 4.30. The fourth-order valence-corrected chi connectivity index (χ4v) is 7.64. The van der Waals surface area contributed by atoms with Crippen molar-refractivity contribution in [3.05, 3.63) is 64.7 Å². The standard InChI is InChI=1S/C36H50N6O3/c1-26-8-9-28(22-27(26)2)23-30(35(44)41-16-10-31(11-17-41)39-20-18-38(3)19-21-39)24-34(43)40-14-12-32(13-15-40)42-25-29-6-4-5-7-33(29)37-36(42)45/h4-9,22,30-32H,10-21,23-25H2,1-3H3,(H,37,45). The number of benzene rings is 2. The molecule has 0 bridgehead atoms. The van der Waals surface area contributed by atoms with Crippen molar-refractivity contribution in [1.82, 2.24) is 24.5 Å². The number of anilines is 1. The molecule has 2 aromatic rings. The van der Waals surface area contributed by atoms with Crippen molar-refractivity contribution in [3.63, 3.8) is 0 Å². The molecule has 0 spiro atoms. The molecular weight excluding hydrogens is 564 g/mol. The summed E-state index contributed by atoms with van der Waals surface area (Å²) < 4.78 is 0. The van der Waals surface area contributed by atoms with Crippen LogP contribution < -0.4 is 5.32 Å². The Morgan fingerprint density at radius 1 is 0.822 bits per heavy atom. The second kappa shape index (κ2) is 13.9. The van der Waals surface area contributed by atoms with Gasteiger partial charge in [-0.25, -0.2) is 4.79 Å². The average Bonchev–Trinajstić information content (AvgIpc) is 3.06. The van der Waals surface area contributed by atoms with Crippen molar-refractivity contribution < 1.29 is 14.4 Å². The van der Waals surface area contributed by atoms with Gasteiger partial charge in [0.2, 0.25) is 11.8 Å². The Morgan fingerprint density at radius 2 is 1.49 bits per heavy atom. The maximum Gasteiger partial charge on any atom is 0.322 e. The zero-order valence-electron chi connectivity index (χ0n) is 27.3. The minimum absolute atomic E-state index is 0.0522. The molecule has 4 heterocycles. The molecule has 1 N–H and O–H groups in total. The van der Waals surface area contributed by atoms with E-state index in [1.54, 1.807) is 0 Å². The molecule has 2 aromatic carbocycles. The summed E-state index contributed by atoms with van der Waals surface area (Å²) >= 11 is 0. The smallest absolute Gasteiger partial charge is 0.322 e. The number of para-hydroxylation sites is 1. The highest BCUT2D eigenvalue weighted by Crippen LogP contribution is 2.29. The van der Waals surface area contributed by atoms with E-state index in [-0.39, 0.29) is 36.2 Å². The normalized spacial score (nSPS) is 21.4. The van der Waals surface area contributed by atoms with Crippen LogP contribution in [0.1, 0.15) is 54.4 Å². The van der Waals surface area contributed by atoms with Crippen LogP contribution in [0, 0.1) is 19.8 Å². The van der Waals surface area contributed by atoms with Gasteiger partial charge in [-0.3, -0.25) is 14.5 Å². The maximum atomic E-state index is 14.1. The third-order valence-electron chi connectivity index (χ3n) is 10.8. The Balaban J connectivity index is 1.07. The summed E-state index contributed by atoms with van der Waals surface area (Å²) in [6.45, 7) is 12.0. The van der Waals surface area contributed by atoms with Crippen LogP contribution in [0.25, 0.3) is 0 Å². The molecule has 9 nitrogen and oxygen atoms in total. The van der Waals surface area contributed by atoms with Gasteiger partial charge in [0.05, 0.1) is 5.92 Å². The SMILES string of the molecule is Cc1ccc(CC(CC(=O)N2CCC(N3Cc4ccccc4NC3=O)CC2)C(=O)N2CCC(N3CCN(C)CC3)CC2)cc1C. The number of nitrogens with one attached hydrogen (secondary N) is 1. The number of urea groups is 1. The van der Waals surface area contributed by atoms with E-state index in [9.17, 15) is 14.4 Å². The number of amides is 4. The molecule has 1 unspecified atom stereocenters. The van der Waals surface area contributed by atoms with Gasteiger partial charge in [-0.2, -0.15) is 0 Å². The molecule has 242 valence electrons. The molecule has 0 radical (unpaired) electrons. The van der Waals surface area contributed by atoms with Crippen molar-refractivity contribution in [1.29, 1.82) is 0 Å². The van der Waals surface area contributed by atoms with E-state index in [0.717, 1.165) is 81.8 Å². The number of hydrogen-bond acceptors (Lipinski definition) is 5. The average molecular weight is 615 g/mol. The summed E-state index contributed by atoms with van der Waals surface area (Å²) in [5.74, 6) is -0.199. The first-order chi connectivity index (χ1) is 21.7. The molecule has 4 aliphatic heterocycles. The molecule has 3 saturated heterocycles. The number of piperazine rings is 1. The summed E-state index contributed by atoms with van der Waals surface area (Å²) in [5.41, 5.74) is 5.57. The number of carbonyl (C=O) groups excluding carboxylic acids is 3. The van der Waals surface area contributed by atoms with Crippen LogP contribution in [0.2, 0.25) is 0 Å². The van der Waals surface area contributed by atoms with Crippen molar-refractivity contribution in [2.75, 3.05) is 64.7 Å². The molecule has 0 aliphatic carbocycles. The summed E-state index contributed by atoms with van der Waals surface area (Å²) in [6, 6.07) is 14.9. The van der Waals surface area contributed by atoms with Gasteiger partial charge >= 0.3 is 6.03 Å². The first-order valence-electron chi connectivity index (χ1n) is 17.0. The third kappa shape index (κ3) is 7.36. The van der Waals surface area contributed by atoms with E-state index in [1.165, 1.54) is 11.1 Å². The van der Waals surface area contributed by atoms with Gasteiger partial charge in [-0.05, 0) is 81.3 Å². The van der Waals surface area contributed by atoms with Gasteiger partial charge in [0.25, 0.3) is 0 Å². The lowest BCUT2D eigenvalue weighted by Crippen LogP contribution is -2.54. The van der Waals surface area contributed by atoms with Gasteiger partial charge in [-0.15, -0.1) is 0 Å². The predicted octanol–water partition coefficient (Wildman–Crippen LogP) is 4.13. The first-order valence-corrected chi connectivity index (χ1v) is 17.0. The molecule has 4 amide bonds. The minimum Gasteiger partial charge on any atom is -0.343 e. The molecule has 6 rings (SSSR count). The maximum absolute atomic E-state index is 14.1. The quantitative estimate of drug-likeness (QED) is 0.508. The number of rotatable bonds is 7. The van der Waals surface area contributed by atoms with Gasteiger partial charge in [0, 0.05) is 83.1 Å². The van der Waals surface area contributed by atoms with Crippen molar-refractivity contribution in [2.24, 2.45) is 5.92 Å². The van der Waals surface area contributed by atoms with E-state index in [2.05, 4.69) is 60.3 Å². The molecule has 9 heteroatoms. The molecular formula is C36H50N6O3. The van der Waals surface area contributed by atoms with Crippen molar-refractivity contribution in [2.45, 2.75) is 71.0 Å². The molecule has 3 fully saturated rings. The number of aryl methyl sites for hydroxylation is 2. The topological polar surface area (TPSA) is 79.4 Å². The van der Waals surface area contributed by atoms with Crippen LogP contribution in [-0.2, 0) is 22.6 Å². The van der Waals surface area contributed by atoms with E-state index < -0.39 is 0 Å². The van der Waals surface area contributed by atoms with Crippen LogP contribution in [0.15, 0.2) is 42.5 Å². The number of fused-ring (bicyclic) bond motifs is 1. The molecule has 1 atom stereocenters. The highest BCUT2D eigenvalue weighted by molar-refractivity contribution is 5.92. The second-order valence-electron chi connectivity index (χ2n) is 13.7. The Bertz CT molecular complexity index is 1370. The van der Waals surface area contributed by atoms with E-state index in [0.29, 0.717) is 32.1 Å². The highest BCUT2D eigenvalue weighted by Gasteiger charge is 2.36. The van der Waals surface area contributed by atoms with Gasteiger partial charge in [-0.1, -0.05) is 36.4 Å². The molecule has 0 saturated carbocycles. The second-order valence-corrected chi connectivity index (χ2v) is 13.7. The summed E-state index contributed by atoms with van der Waals surface area (Å²) in [7, 11) is 2.18. The monoisotopic (exact) mass is 614 g/mol. The minimum atomic E-state index is -0.373. The third-order valence-corrected chi connectivity index (χ3v) is 10.8. The first kappa shape index (κ1) is 31.5. The van der Waals surface area contributed by atoms with Crippen LogP contribution in [-0.4, -0.2) is 114 Å². The van der Waals surface area contributed by atoms with E-state index in [4.69, 9.17) is 0 Å². The Labute approximate surface area is 268 Å². The van der Waals surface area contributed by atoms with Gasteiger partial charge < -0.3 is 24.9 Å². The van der Waals surface area contributed by atoms with Crippen LogP contribution in [0.5, 0.6) is 0 Å². The largest absolute Gasteiger partial charge is 0.343 e. The fraction of sp³-hybridized carbons (Fsp3) is 0.583. The number of hydrogen-bond donors (Lipinski definition) is 1.